The van der Waals surface area contributed by atoms with E-state index in [-0.39, 0.29) is 23.6 Å². The third-order valence-electron chi connectivity index (χ3n) is 5.32. The number of hydrogen-bond acceptors (Lipinski definition) is 4. The van der Waals surface area contributed by atoms with Gasteiger partial charge in [-0.05, 0) is 42.3 Å². The fourth-order valence-electron chi connectivity index (χ4n) is 3.74. The largest absolute Gasteiger partial charge is 0.508 e. The summed E-state index contributed by atoms with van der Waals surface area (Å²) in [6.07, 6.45) is 0. The highest BCUT2D eigenvalue weighted by Gasteiger charge is 2.46. The lowest BCUT2D eigenvalue weighted by molar-refractivity contribution is -0.140. The van der Waals surface area contributed by atoms with Gasteiger partial charge in [-0.3, -0.25) is 9.59 Å². The summed E-state index contributed by atoms with van der Waals surface area (Å²) in [7, 11) is 0. The van der Waals surface area contributed by atoms with Crippen LogP contribution in [0.1, 0.15) is 28.3 Å². The number of aliphatic hydroxyl groups is 1. The molecule has 0 saturated carbocycles. The van der Waals surface area contributed by atoms with Crippen LogP contribution >= 0.6 is 0 Å². The van der Waals surface area contributed by atoms with E-state index in [0.29, 0.717) is 16.7 Å². The Labute approximate surface area is 178 Å². The maximum atomic E-state index is 13.3. The van der Waals surface area contributed by atoms with Crippen LogP contribution < -0.4 is 0 Å². The van der Waals surface area contributed by atoms with E-state index in [9.17, 15) is 24.2 Å². The summed E-state index contributed by atoms with van der Waals surface area (Å²) in [4.78, 5) is 27.2. The second kappa shape index (κ2) is 8.07. The van der Waals surface area contributed by atoms with Crippen LogP contribution in [0.15, 0.2) is 78.4 Å². The topological polar surface area (TPSA) is 77.8 Å². The number of aliphatic hydroxyl groups excluding tert-OH is 1. The molecular formula is C25H20FNO4. The van der Waals surface area contributed by atoms with Gasteiger partial charge in [0.1, 0.15) is 17.3 Å². The van der Waals surface area contributed by atoms with E-state index in [2.05, 4.69) is 0 Å². The molecule has 0 aromatic heterocycles. The highest BCUT2D eigenvalue weighted by Crippen LogP contribution is 2.41. The normalized spacial score (nSPS) is 17.9. The van der Waals surface area contributed by atoms with E-state index >= 15 is 0 Å². The summed E-state index contributed by atoms with van der Waals surface area (Å²) in [5.41, 5.74) is 2.45. The minimum atomic E-state index is -0.904. The lowest BCUT2D eigenvalue weighted by atomic mass is 9.94. The van der Waals surface area contributed by atoms with Gasteiger partial charge in [-0.1, -0.05) is 54.1 Å². The van der Waals surface area contributed by atoms with Crippen molar-refractivity contribution < 1.29 is 24.2 Å². The van der Waals surface area contributed by atoms with Gasteiger partial charge in [0, 0.05) is 12.1 Å². The zero-order valence-electron chi connectivity index (χ0n) is 16.7. The molecule has 1 amide bonds. The number of carbonyl (C=O) groups excluding carboxylic acids is 2. The molecule has 1 fully saturated rings. The molecule has 0 aliphatic carbocycles. The van der Waals surface area contributed by atoms with Crippen molar-refractivity contribution in [3.63, 3.8) is 0 Å². The Bertz CT molecular complexity index is 1180. The number of nitrogens with zero attached hydrogens (tertiary/aromatic N) is 1. The van der Waals surface area contributed by atoms with Gasteiger partial charge < -0.3 is 15.1 Å². The van der Waals surface area contributed by atoms with E-state index in [1.165, 1.54) is 41.3 Å². The quantitative estimate of drug-likeness (QED) is 0.373. The monoisotopic (exact) mass is 417 g/mol. The summed E-state index contributed by atoms with van der Waals surface area (Å²) in [6.45, 7) is 1.94. The predicted molar refractivity (Wildman–Crippen MR) is 114 cm³/mol. The first kappa shape index (κ1) is 20.3. The molecular weight excluding hydrogens is 397 g/mol. The third kappa shape index (κ3) is 3.92. The second-order valence-corrected chi connectivity index (χ2v) is 7.51. The Morgan fingerprint density at radius 2 is 1.68 bits per heavy atom. The van der Waals surface area contributed by atoms with Crippen LogP contribution in [0, 0.1) is 12.7 Å². The Kier molecular flexibility index (Phi) is 5.29. The highest BCUT2D eigenvalue weighted by molar-refractivity contribution is 6.46. The molecule has 1 aliphatic heterocycles. The van der Waals surface area contributed by atoms with Gasteiger partial charge in [0.2, 0.25) is 0 Å². The van der Waals surface area contributed by atoms with Gasteiger partial charge in [0.05, 0.1) is 11.6 Å². The lowest BCUT2D eigenvalue weighted by Crippen LogP contribution is -2.29. The molecule has 3 aromatic rings. The number of phenols is 1. The Hall–Kier alpha value is -3.93. The van der Waals surface area contributed by atoms with Crippen molar-refractivity contribution in [2.24, 2.45) is 0 Å². The van der Waals surface area contributed by atoms with Gasteiger partial charge in [-0.15, -0.1) is 0 Å². The summed E-state index contributed by atoms with van der Waals surface area (Å²) in [5.74, 6) is -2.30. The lowest BCUT2D eigenvalue weighted by Gasteiger charge is -2.25. The first-order valence-electron chi connectivity index (χ1n) is 9.74. The number of likely N-dealkylation sites (tertiary alicyclic amines) is 1. The maximum Gasteiger partial charge on any atom is 0.295 e. The zero-order chi connectivity index (χ0) is 22.1. The molecule has 1 aliphatic rings. The Balaban J connectivity index is 1.85. The molecule has 1 saturated heterocycles. The van der Waals surface area contributed by atoms with Crippen molar-refractivity contribution in [3.8, 4) is 5.75 Å². The van der Waals surface area contributed by atoms with E-state index in [1.54, 1.807) is 36.4 Å². The van der Waals surface area contributed by atoms with Crippen LogP contribution in [-0.4, -0.2) is 26.8 Å². The van der Waals surface area contributed by atoms with Crippen molar-refractivity contribution in [1.29, 1.82) is 0 Å². The molecule has 156 valence electrons. The fourth-order valence-corrected chi connectivity index (χ4v) is 3.74. The Morgan fingerprint density at radius 1 is 1.00 bits per heavy atom. The number of aromatic hydroxyl groups is 1. The summed E-state index contributed by atoms with van der Waals surface area (Å²) in [6, 6.07) is 17.9. The summed E-state index contributed by atoms with van der Waals surface area (Å²) < 4.78 is 13.3. The second-order valence-electron chi connectivity index (χ2n) is 7.51. The van der Waals surface area contributed by atoms with Crippen molar-refractivity contribution in [3.05, 3.63) is 106 Å². The first-order chi connectivity index (χ1) is 14.8. The number of carbonyl (C=O) groups is 2. The van der Waals surface area contributed by atoms with Crippen LogP contribution in [0.2, 0.25) is 0 Å². The molecule has 5 nitrogen and oxygen atoms in total. The van der Waals surface area contributed by atoms with E-state index < -0.39 is 23.5 Å². The van der Waals surface area contributed by atoms with Crippen LogP contribution in [-0.2, 0) is 16.1 Å². The van der Waals surface area contributed by atoms with E-state index in [1.807, 2.05) is 6.92 Å². The highest BCUT2D eigenvalue weighted by atomic mass is 19.1. The molecule has 0 bridgehead atoms. The van der Waals surface area contributed by atoms with Gasteiger partial charge in [-0.25, -0.2) is 4.39 Å². The number of rotatable bonds is 4. The number of hydrogen-bond donors (Lipinski definition) is 2. The van der Waals surface area contributed by atoms with E-state index in [4.69, 9.17) is 0 Å². The molecule has 31 heavy (non-hydrogen) atoms. The van der Waals surface area contributed by atoms with Gasteiger partial charge in [0.15, 0.2) is 0 Å². The molecule has 1 heterocycles. The molecule has 1 unspecified atom stereocenters. The van der Waals surface area contributed by atoms with Gasteiger partial charge in [-0.2, -0.15) is 0 Å². The summed E-state index contributed by atoms with van der Waals surface area (Å²) in [5, 5.41) is 21.0. The van der Waals surface area contributed by atoms with Gasteiger partial charge in [0.25, 0.3) is 11.7 Å². The van der Waals surface area contributed by atoms with Crippen LogP contribution in [0.5, 0.6) is 5.75 Å². The van der Waals surface area contributed by atoms with Crippen molar-refractivity contribution in [1.82, 2.24) is 4.90 Å². The molecule has 3 aromatic carbocycles. The maximum absolute atomic E-state index is 13.3. The smallest absolute Gasteiger partial charge is 0.295 e. The number of amides is 1. The van der Waals surface area contributed by atoms with Gasteiger partial charge >= 0.3 is 0 Å². The fraction of sp³-hybridized carbons (Fsp3) is 0.120. The molecule has 0 radical (unpaired) electrons. The number of phenolic OH excluding ortho intramolecular Hbond substituents is 1. The van der Waals surface area contributed by atoms with Crippen molar-refractivity contribution >= 4 is 17.4 Å². The average Bonchev–Trinajstić information content (AvgIpc) is 3.00. The number of aryl methyl sites for hydroxylation is 1. The van der Waals surface area contributed by atoms with Crippen molar-refractivity contribution in [2.45, 2.75) is 19.5 Å². The number of ketones is 1. The minimum Gasteiger partial charge on any atom is -0.508 e. The molecule has 1 atom stereocenters. The van der Waals surface area contributed by atoms with Crippen LogP contribution in [0.25, 0.3) is 5.76 Å². The summed E-state index contributed by atoms with van der Waals surface area (Å²) >= 11 is 0. The van der Waals surface area contributed by atoms with E-state index in [0.717, 1.165) is 5.56 Å². The SMILES string of the molecule is Cc1ccc(/C(O)=C2/C(=O)C(=O)N(Cc3ccc(F)cc3)C2c2cccc(O)c2)cc1. The molecule has 2 N–H and O–H groups in total. The predicted octanol–water partition coefficient (Wildman–Crippen LogP) is 4.46. The third-order valence-corrected chi connectivity index (χ3v) is 5.32. The molecule has 0 spiro atoms. The first-order valence-corrected chi connectivity index (χ1v) is 9.74. The van der Waals surface area contributed by atoms with Crippen molar-refractivity contribution in [2.75, 3.05) is 0 Å². The molecule has 4 rings (SSSR count). The number of Topliss-reactive ketones (excluding diaryl/α,β-unsaturated/α-hetero) is 1. The zero-order valence-corrected chi connectivity index (χ0v) is 16.7. The number of benzene rings is 3. The standard InChI is InChI=1S/C25H20FNO4/c1-15-5-9-17(10-6-15)23(29)21-22(18-3-2-4-20(28)13-18)27(25(31)24(21)30)14-16-7-11-19(26)12-8-16/h2-13,22,28-29H,14H2,1H3/b23-21-. The minimum absolute atomic E-state index is 0.0276. The molecule has 6 heteroatoms. The number of halogens is 1. The average molecular weight is 417 g/mol. The Morgan fingerprint density at radius 3 is 2.32 bits per heavy atom. The van der Waals surface area contributed by atoms with Crippen LogP contribution in [0.4, 0.5) is 4.39 Å². The van der Waals surface area contributed by atoms with Crippen LogP contribution in [0.3, 0.4) is 0 Å².